The molecular formula is C13H15NO2S. The van der Waals surface area contributed by atoms with Crippen molar-refractivity contribution < 1.29 is 9.90 Å². The van der Waals surface area contributed by atoms with Gasteiger partial charge in [-0.25, -0.2) is 4.79 Å². The standard InChI is InChI=1S/C13H15NO2S/c1-17-8-2-6-14-7-5-10-9-11(13(15)16)3-4-12(10)14/h3-5,7,9H,2,6,8H2,1H3,(H,15,16). The number of aryl methyl sites for hydroxylation is 1. The predicted octanol–water partition coefficient (Wildman–Crippen LogP) is 3.09. The number of aromatic carboxylic acids is 1. The first-order chi connectivity index (χ1) is 8.22. The highest BCUT2D eigenvalue weighted by molar-refractivity contribution is 7.98. The van der Waals surface area contributed by atoms with Crippen LogP contribution in [0.3, 0.4) is 0 Å². The van der Waals surface area contributed by atoms with Crippen molar-refractivity contribution in [3.05, 3.63) is 36.0 Å². The molecule has 1 aromatic carbocycles. The lowest BCUT2D eigenvalue weighted by atomic mass is 10.1. The second kappa shape index (κ2) is 5.27. The van der Waals surface area contributed by atoms with E-state index in [-0.39, 0.29) is 0 Å². The number of hydrogen-bond donors (Lipinski definition) is 1. The van der Waals surface area contributed by atoms with Crippen molar-refractivity contribution in [1.82, 2.24) is 4.57 Å². The largest absolute Gasteiger partial charge is 0.478 e. The van der Waals surface area contributed by atoms with Crippen molar-refractivity contribution in [3.63, 3.8) is 0 Å². The van der Waals surface area contributed by atoms with E-state index in [1.54, 1.807) is 12.1 Å². The summed E-state index contributed by atoms with van der Waals surface area (Å²) in [5, 5.41) is 9.91. The number of aromatic nitrogens is 1. The number of rotatable bonds is 5. The van der Waals surface area contributed by atoms with Crippen LogP contribution in [0, 0.1) is 0 Å². The van der Waals surface area contributed by atoms with E-state index in [9.17, 15) is 4.79 Å². The van der Waals surface area contributed by atoms with Crippen LogP contribution in [-0.4, -0.2) is 27.7 Å². The number of nitrogens with zero attached hydrogens (tertiary/aromatic N) is 1. The minimum absolute atomic E-state index is 0.347. The van der Waals surface area contributed by atoms with Gasteiger partial charge in [0.25, 0.3) is 0 Å². The van der Waals surface area contributed by atoms with Gasteiger partial charge in [0.15, 0.2) is 0 Å². The van der Waals surface area contributed by atoms with Gasteiger partial charge in [0.2, 0.25) is 0 Å². The number of carbonyl (C=O) groups is 1. The first kappa shape index (κ1) is 12.0. The van der Waals surface area contributed by atoms with Crippen LogP contribution in [0.2, 0.25) is 0 Å². The molecule has 0 saturated heterocycles. The molecule has 4 heteroatoms. The lowest BCUT2D eigenvalue weighted by Gasteiger charge is -2.04. The Balaban J connectivity index is 2.25. The van der Waals surface area contributed by atoms with Gasteiger partial charge in [0, 0.05) is 23.6 Å². The Bertz CT molecular complexity index is 533. The molecular weight excluding hydrogens is 234 g/mol. The van der Waals surface area contributed by atoms with E-state index in [0.29, 0.717) is 5.56 Å². The third kappa shape index (κ3) is 2.64. The molecule has 0 atom stereocenters. The number of carboxylic acids is 1. The second-order valence-corrected chi connectivity index (χ2v) is 4.92. The lowest BCUT2D eigenvalue weighted by molar-refractivity contribution is 0.0697. The Kier molecular flexibility index (Phi) is 3.74. The van der Waals surface area contributed by atoms with Crippen LogP contribution in [0.25, 0.3) is 10.9 Å². The molecule has 0 unspecified atom stereocenters. The summed E-state index contributed by atoms with van der Waals surface area (Å²) >= 11 is 1.84. The van der Waals surface area contributed by atoms with Crippen molar-refractivity contribution in [1.29, 1.82) is 0 Å². The van der Waals surface area contributed by atoms with Gasteiger partial charge in [-0.2, -0.15) is 11.8 Å². The average Bonchev–Trinajstić information content (AvgIpc) is 2.72. The smallest absolute Gasteiger partial charge is 0.335 e. The summed E-state index contributed by atoms with van der Waals surface area (Å²) in [6.07, 6.45) is 5.26. The molecule has 3 nitrogen and oxygen atoms in total. The van der Waals surface area contributed by atoms with Gasteiger partial charge in [-0.1, -0.05) is 0 Å². The number of carboxylic acid groups (broad SMARTS) is 1. The van der Waals surface area contributed by atoms with E-state index >= 15 is 0 Å². The maximum Gasteiger partial charge on any atom is 0.335 e. The average molecular weight is 249 g/mol. The Morgan fingerprint density at radius 1 is 1.41 bits per heavy atom. The summed E-state index contributed by atoms with van der Waals surface area (Å²) in [5.41, 5.74) is 1.45. The molecule has 0 fully saturated rings. The fourth-order valence-corrected chi connectivity index (χ4v) is 2.33. The number of fused-ring (bicyclic) bond motifs is 1. The van der Waals surface area contributed by atoms with Crippen LogP contribution in [0.15, 0.2) is 30.5 Å². The monoisotopic (exact) mass is 249 g/mol. The minimum Gasteiger partial charge on any atom is -0.478 e. The van der Waals surface area contributed by atoms with Gasteiger partial charge in [0.05, 0.1) is 5.56 Å². The maximum atomic E-state index is 10.9. The highest BCUT2D eigenvalue weighted by Gasteiger charge is 2.06. The number of thioether (sulfide) groups is 1. The SMILES string of the molecule is CSCCCn1ccc2cc(C(=O)O)ccc21. The Labute approximate surface area is 104 Å². The third-order valence-corrected chi connectivity index (χ3v) is 3.46. The summed E-state index contributed by atoms with van der Waals surface area (Å²) in [6, 6.07) is 7.25. The quantitative estimate of drug-likeness (QED) is 0.828. The molecule has 0 radical (unpaired) electrons. The van der Waals surface area contributed by atoms with Crippen LogP contribution in [0.4, 0.5) is 0 Å². The first-order valence-corrected chi connectivity index (χ1v) is 6.93. The molecule has 0 saturated carbocycles. The van der Waals surface area contributed by atoms with E-state index < -0.39 is 5.97 Å². The van der Waals surface area contributed by atoms with Crippen molar-refractivity contribution in [2.45, 2.75) is 13.0 Å². The number of hydrogen-bond acceptors (Lipinski definition) is 2. The van der Waals surface area contributed by atoms with Crippen LogP contribution < -0.4 is 0 Å². The molecule has 0 aliphatic rings. The molecule has 2 rings (SSSR count). The lowest BCUT2D eigenvalue weighted by Crippen LogP contribution is -1.98. The topological polar surface area (TPSA) is 42.2 Å². The first-order valence-electron chi connectivity index (χ1n) is 5.53. The van der Waals surface area contributed by atoms with E-state index in [4.69, 9.17) is 5.11 Å². The van der Waals surface area contributed by atoms with Gasteiger partial charge in [-0.3, -0.25) is 0 Å². The normalized spacial score (nSPS) is 10.9. The zero-order chi connectivity index (χ0) is 12.3. The Morgan fingerprint density at radius 2 is 2.24 bits per heavy atom. The Morgan fingerprint density at radius 3 is 2.94 bits per heavy atom. The van der Waals surface area contributed by atoms with E-state index in [0.717, 1.165) is 29.6 Å². The summed E-state index contributed by atoms with van der Waals surface area (Å²) in [7, 11) is 0. The number of benzene rings is 1. The highest BCUT2D eigenvalue weighted by Crippen LogP contribution is 2.18. The van der Waals surface area contributed by atoms with Crippen LogP contribution in [0.5, 0.6) is 0 Å². The van der Waals surface area contributed by atoms with Crippen molar-refractivity contribution in [3.8, 4) is 0 Å². The van der Waals surface area contributed by atoms with Crippen LogP contribution >= 0.6 is 11.8 Å². The highest BCUT2D eigenvalue weighted by atomic mass is 32.2. The summed E-state index contributed by atoms with van der Waals surface area (Å²) in [5.74, 6) is 0.273. The maximum absolute atomic E-state index is 10.9. The van der Waals surface area contributed by atoms with Crippen molar-refractivity contribution in [2.24, 2.45) is 0 Å². The molecule has 0 bridgehead atoms. The minimum atomic E-state index is -0.873. The van der Waals surface area contributed by atoms with Gasteiger partial charge >= 0.3 is 5.97 Å². The molecule has 17 heavy (non-hydrogen) atoms. The zero-order valence-corrected chi connectivity index (χ0v) is 10.5. The van der Waals surface area contributed by atoms with Crippen molar-refractivity contribution in [2.75, 3.05) is 12.0 Å². The molecule has 2 aromatic rings. The molecule has 90 valence electrons. The molecule has 1 heterocycles. The summed E-state index contributed by atoms with van der Waals surface area (Å²) in [4.78, 5) is 10.9. The molecule has 0 aliphatic heterocycles. The molecule has 1 aromatic heterocycles. The summed E-state index contributed by atoms with van der Waals surface area (Å²) < 4.78 is 2.18. The molecule has 0 amide bonds. The fourth-order valence-electron chi connectivity index (χ4n) is 1.91. The second-order valence-electron chi connectivity index (χ2n) is 3.93. The predicted molar refractivity (Wildman–Crippen MR) is 71.9 cm³/mol. The summed E-state index contributed by atoms with van der Waals surface area (Å²) in [6.45, 7) is 0.983. The third-order valence-electron chi connectivity index (χ3n) is 2.77. The zero-order valence-electron chi connectivity index (χ0n) is 9.72. The van der Waals surface area contributed by atoms with Crippen LogP contribution in [0.1, 0.15) is 16.8 Å². The van der Waals surface area contributed by atoms with Gasteiger partial charge < -0.3 is 9.67 Å². The van der Waals surface area contributed by atoms with Gasteiger partial charge in [-0.15, -0.1) is 0 Å². The molecule has 0 aliphatic carbocycles. The Hall–Kier alpha value is -1.42. The van der Waals surface area contributed by atoms with Crippen molar-refractivity contribution >= 4 is 28.6 Å². The molecule has 1 N–H and O–H groups in total. The van der Waals surface area contributed by atoms with E-state index in [1.807, 2.05) is 30.1 Å². The van der Waals surface area contributed by atoms with E-state index in [1.165, 1.54) is 0 Å². The fraction of sp³-hybridized carbons (Fsp3) is 0.308. The molecule has 0 spiro atoms. The van der Waals surface area contributed by atoms with E-state index in [2.05, 4.69) is 10.8 Å². The van der Waals surface area contributed by atoms with Gasteiger partial charge in [-0.05, 0) is 42.7 Å². The van der Waals surface area contributed by atoms with Crippen LogP contribution in [-0.2, 0) is 6.54 Å². The van der Waals surface area contributed by atoms with Gasteiger partial charge in [0.1, 0.15) is 0 Å².